The fourth-order valence-corrected chi connectivity index (χ4v) is 5.27. The molecule has 0 aliphatic rings. The van der Waals surface area contributed by atoms with Crippen LogP contribution in [-0.4, -0.2) is 31.2 Å². The fraction of sp³-hybridized carbons (Fsp3) is 0.846. The lowest BCUT2D eigenvalue weighted by atomic mass is 10.1. The smallest absolute Gasteiger partial charge is 0.305 e. The Morgan fingerprint density at radius 1 is 0.455 bits per heavy atom. The molecule has 0 saturated carbocycles. The number of carbonyl (C=O) groups is 2. The third-order valence-electron chi connectivity index (χ3n) is 8.20. The Hall–Kier alpha value is -1.62. The zero-order valence-electron chi connectivity index (χ0n) is 29.3. The minimum atomic E-state index is -0.467. The minimum Gasteiger partial charge on any atom is -0.464 e. The monoisotopic (exact) mass is 620 g/mol. The fourth-order valence-electron chi connectivity index (χ4n) is 5.27. The summed E-state index contributed by atoms with van der Waals surface area (Å²) in [6.07, 6.45) is 42.3. The Labute approximate surface area is 273 Å². The number of rotatable bonds is 34. The molecule has 0 spiro atoms. The highest BCUT2D eigenvalue weighted by atomic mass is 16.5. The first-order valence-electron chi connectivity index (χ1n) is 19.0. The van der Waals surface area contributed by atoms with E-state index >= 15 is 0 Å². The second-order valence-electron chi connectivity index (χ2n) is 12.8. The summed E-state index contributed by atoms with van der Waals surface area (Å²) in [6, 6.07) is -0.467. The SMILES string of the molecule is CCCCCCCCC=CCCCCCCCC(=O)OCC(N)COC(=O)CCCCCCCC=CCCCCCCCC. The Bertz CT molecular complexity index is 619. The first-order chi connectivity index (χ1) is 21.6. The Morgan fingerprint density at radius 3 is 1.05 bits per heavy atom. The van der Waals surface area contributed by atoms with E-state index in [1.165, 1.54) is 116 Å². The maximum Gasteiger partial charge on any atom is 0.305 e. The molecule has 0 fully saturated rings. The lowest BCUT2D eigenvalue weighted by Gasteiger charge is -2.13. The highest BCUT2D eigenvalue weighted by Crippen LogP contribution is 2.12. The summed E-state index contributed by atoms with van der Waals surface area (Å²) in [7, 11) is 0. The van der Waals surface area contributed by atoms with Gasteiger partial charge in [0.05, 0.1) is 6.04 Å². The standard InChI is InChI=1S/C39H73NO4/c1-3-5-7-9-11-13-15-17-19-21-23-25-27-29-31-33-38(41)43-35-37(40)36-44-39(42)34-32-30-28-26-24-22-20-18-16-14-12-10-8-6-4-2/h17-20,37H,3-16,21-36,40H2,1-2H3. The molecule has 258 valence electrons. The third kappa shape index (κ3) is 34.9. The number of hydrogen-bond donors (Lipinski definition) is 1. The summed E-state index contributed by atoms with van der Waals surface area (Å²) < 4.78 is 10.6. The normalized spacial score (nSPS) is 12.3. The molecule has 0 atom stereocenters. The summed E-state index contributed by atoms with van der Waals surface area (Å²) in [5.74, 6) is -0.421. The van der Waals surface area contributed by atoms with Crippen molar-refractivity contribution in [3.8, 4) is 0 Å². The first kappa shape index (κ1) is 42.4. The second kappa shape index (κ2) is 35.9. The highest BCUT2D eigenvalue weighted by molar-refractivity contribution is 5.69. The molecular formula is C39H73NO4. The number of hydrogen-bond acceptors (Lipinski definition) is 5. The van der Waals surface area contributed by atoms with Crippen LogP contribution < -0.4 is 5.73 Å². The molecule has 0 rings (SSSR count). The van der Waals surface area contributed by atoms with Crippen LogP contribution in [0.5, 0.6) is 0 Å². The molecule has 44 heavy (non-hydrogen) atoms. The molecule has 0 amide bonds. The average Bonchev–Trinajstić information content (AvgIpc) is 3.02. The van der Waals surface area contributed by atoms with E-state index in [0.29, 0.717) is 12.8 Å². The van der Waals surface area contributed by atoms with Gasteiger partial charge < -0.3 is 15.2 Å². The average molecular weight is 620 g/mol. The van der Waals surface area contributed by atoms with Crippen molar-refractivity contribution in [1.82, 2.24) is 0 Å². The summed E-state index contributed by atoms with van der Waals surface area (Å²) in [4.78, 5) is 24.0. The number of unbranched alkanes of at least 4 members (excludes halogenated alkanes) is 22. The van der Waals surface area contributed by atoms with E-state index in [9.17, 15) is 9.59 Å². The van der Waals surface area contributed by atoms with Crippen molar-refractivity contribution in [3.05, 3.63) is 24.3 Å². The van der Waals surface area contributed by atoms with Crippen LogP contribution in [0, 0.1) is 0 Å². The van der Waals surface area contributed by atoms with Gasteiger partial charge in [0, 0.05) is 12.8 Å². The minimum absolute atomic E-state index is 0.102. The topological polar surface area (TPSA) is 78.6 Å². The summed E-state index contributed by atoms with van der Waals surface area (Å²) >= 11 is 0. The van der Waals surface area contributed by atoms with E-state index in [1.54, 1.807) is 0 Å². The molecule has 5 heteroatoms. The molecule has 0 aromatic rings. The van der Waals surface area contributed by atoms with Gasteiger partial charge in [-0.3, -0.25) is 9.59 Å². The molecule has 5 nitrogen and oxygen atoms in total. The molecule has 0 heterocycles. The van der Waals surface area contributed by atoms with Crippen LogP contribution in [0.3, 0.4) is 0 Å². The van der Waals surface area contributed by atoms with Crippen LogP contribution in [-0.2, 0) is 19.1 Å². The van der Waals surface area contributed by atoms with Crippen LogP contribution in [0.15, 0.2) is 24.3 Å². The van der Waals surface area contributed by atoms with Gasteiger partial charge in [0.25, 0.3) is 0 Å². The van der Waals surface area contributed by atoms with E-state index in [1.807, 2.05) is 0 Å². The van der Waals surface area contributed by atoms with Gasteiger partial charge in [0.1, 0.15) is 13.2 Å². The van der Waals surface area contributed by atoms with Crippen molar-refractivity contribution in [3.63, 3.8) is 0 Å². The van der Waals surface area contributed by atoms with Gasteiger partial charge in [-0.25, -0.2) is 0 Å². The maximum absolute atomic E-state index is 12.0. The van der Waals surface area contributed by atoms with Gasteiger partial charge in [-0.15, -0.1) is 0 Å². The zero-order valence-corrected chi connectivity index (χ0v) is 29.3. The van der Waals surface area contributed by atoms with Crippen LogP contribution in [0.2, 0.25) is 0 Å². The number of allylic oxidation sites excluding steroid dienone is 4. The van der Waals surface area contributed by atoms with Crippen LogP contribution >= 0.6 is 0 Å². The van der Waals surface area contributed by atoms with Crippen LogP contribution in [0.1, 0.15) is 194 Å². The van der Waals surface area contributed by atoms with E-state index in [4.69, 9.17) is 15.2 Å². The molecule has 0 radical (unpaired) electrons. The van der Waals surface area contributed by atoms with Gasteiger partial charge >= 0.3 is 11.9 Å². The van der Waals surface area contributed by atoms with E-state index < -0.39 is 6.04 Å². The second-order valence-corrected chi connectivity index (χ2v) is 12.8. The van der Waals surface area contributed by atoms with Gasteiger partial charge in [-0.1, -0.05) is 141 Å². The van der Waals surface area contributed by atoms with Crippen molar-refractivity contribution >= 4 is 11.9 Å². The third-order valence-corrected chi connectivity index (χ3v) is 8.20. The van der Waals surface area contributed by atoms with E-state index in [0.717, 1.165) is 51.4 Å². The molecule has 0 aromatic heterocycles. The van der Waals surface area contributed by atoms with Crippen LogP contribution in [0.4, 0.5) is 0 Å². The highest BCUT2D eigenvalue weighted by Gasteiger charge is 2.11. The van der Waals surface area contributed by atoms with Gasteiger partial charge in [-0.05, 0) is 64.2 Å². The lowest BCUT2D eigenvalue weighted by molar-refractivity contribution is -0.147. The van der Waals surface area contributed by atoms with Gasteiger partial charge in [-0.2, -0.15) is 0 Å². The predicted octanol–water partition coefficient (Wildman–Crippen LogP) is 11.5. The molecule has 0 aliphatic heterocycles. The molecule has 0 bridgehead atoms. The largest absolute Gasteiger partial charge is 0.464 e. The molecule has 0 saturated heterocycles. The van der Waals surface area contributed by atoms with Crippen LogP contribution in [0.25, 0.3) is 0 Å². The number of ether oxygens (including phenoxy) is 2. The van der Waals surface area contributed by atoms with Gasteiger partial charge in [0.15, 0.2) is 0 Å². The summed E-state index contributed by atoms with van der Waals surface area (Å²) in [6.45, 7) is 4.73. The first-order valence-corrected chi connectivity index (χ1v) is 19.0. The van der Waals surface area contributed by atoms with Crippen molar-refractivity contribution in [1.29, 1.82) is 0 Å². The van der Waals surface area contributed by atoms with Crippen molar-refractivity contribution in [2.75, 3.05) is 13.2 Å². The molecular weight excluding hydrogens is 546 g/mol. The van der Waals surface area contributed by atoms with Crippen molar-refractivity contribution in [2.24, 2.45) is 5.73 Å². The lowest BCUT2D eigenvalue weighted by Crippen LogP contribution is -2.33. The number of carbonyl (C=O) groups excluding carboxylic acids is 2. The molecule has 0 aromatic carbocycles. The van der Waals surface area contributed by atoms with E-state index in [2.05, 4.69) is 38.2 Å². The Balaban J connectivity index is 3.45. The van der Waals surface area contributed by atoms with Crippen molar-refractivity contribution in [2.45, 2.75) is 200 Å². The quantitative estimate of drug-likeness (QED) is 0.0440. The molecule has 0 unspecified atom stereocenters. The molecule has 0 aliphatic carbocycles. The number of nitrogens with two attached hydrogens (primary N) is 1. The predicted molar refractivity (Wildman–Crippen MR) is 189 cm³/mol. The molecule has 2 N–H and O–H groups in total. The Kier molecular flexibility index (Phi) is 34.5. The van der Waals surface area contributed by atoms with E-state index in [-0.39, 0.29) is 25.2 Å². The number of esters is 2. The summed E-state index contributed by atoms with van der Waals surface area (Å²) in [5, 5.41) is 0. The Morgan fingerprint density at radius 2 is 0.727 bits per heavy atom. The van der Waals surface area contributed by atoms with Crippen molar-refractivity contribution < 1.29 is 19.1 Å². The maximum atomic E-state index is 12.0. The summed E-state index contributed by atoms with van der Waals surface area (Å²) in [5.41, 5.74) is 5.98. The van der Waals surface area contributed by atoms with Gasteiger partial charge in [0.2, 0.25) is 0 Å². The zero-order chi connectivity index (χ0) is 32.2.